The van der Waals surface area contributed by atoms with Gasteiger partial charge in [-0.2, -0.15) is 0 Å². The van der Waals surface area contributed by atoms with Crippen molar-refractivity contribution in [2.75, 3.05) is 13.1 Å². The van der Waals surface area contributed by atoms with Gasteiger partial charge in [0.15, 0.2) is 0 Å². The van der Waals surface area contributed by atoms with Crippen molar-refractivity contribution in [3.05, 3.63) is 28.5 Å². The standard InChI is InChI=1S/C13H16BrN3O/c14-11-2-1-6-15-12(11)13(18)16-9-5-7-17(8-9)10-3-4-10/h1-2,6,9-10H,3-5,7-8H2,(H,16,18). The Morgan fingerprint density at radius 2 is 2.28 bits per heavy atom. The molecule has 0 bridgehead atoms. The number of halogens is 1. The van der Waals surface area contributed by atoms with Gasteiger partial charge in [0.25, 0.3) is 5.91 Å². The molecule has 2 fully saturated rings. The molecule has 1 amide bonds. The molecule has 2 heterocycles. The first kappa shape index (κ1) is 12.1. The maximum Gasteiger partial charge on any atom is 0.271 e. The fourth-order valence-corrected chi connectivity index (χ4v) is 2.92. The molecular formula is C13H16BrN3O. The van der Waals surface area contributed by atoms with Gasteiger partial charge in [-0.1, -0.05) is 0 Å². The van der Waals surface area contributed by atoms with Crippen LogP contribution in [-0.4, -0.2) is 41.0 Å². The van der Waals surface area contributed by atoms with E-state index in [1.807, 2.05) is 12.1 Å². The van der Waals surface area contributed by atoms with E-state index in [2.05, 4.69) is 31.1 Å². The third-order valence-electron chi connectivity index (χ3n) is 3.59. The predicted octanol–water partition coefficient (Wildman–Crippen LogP) is 1.81. The Bertz CT molecular complexity index is 461. The minimum atomic E-state index is -0.0786. The van der Waals surface area contributed by atoms with Crippen molar-refractivity contribution in [3.8, 4) is 0 Å². The molecule has 2 aliphatic rings. The number of rotatable bonds is 3. The molecule has 1 aromatic rings. The summed E-state index contributed by atoms with van der Waals surface area (Å²) in [5, 5.41) is 3.08. The first-order chi connectivity index (χ1) is 8.74. The van der Waals surface area contributed by atoms with E-state index in [1.165, 1.54) is 12.8 Å². The molecule has 96 valence electrons. The van der Waals surface area contributed by atoms with Gasteiger partial charge in [-0.25, -0.2) is 4.98 Å². The molecule has 1 aromatic heterocycles. The highest BCUT2D eigenvalue weighted by Gasteiger charge is 2.35. The molecule has 0 aromatic carbocycles. The SMILES string of the molecule is O=C(NC1CCN(C2CC2)C1)c1ncccc1Br. The second kappa shape index (κ2) is 4.97. The number of nitrogens with zero attached hydrogens (tertiary/aromatic N) is 2. The van der Waals surface area contributed by atoms with E-state index in [0.717, 1.165) is 30.0 Å². The Morgan fingerprint density at radius 3 is 3.00 bits per heavy atom. The van der Waals surface area contributed by atoms with Gasteiger partial charge in [0.1, 0.15) is 5.69 Å². The number of carbonyl (C=O) groups excluding carboxylic acids is 1. The molecule has 1 atom stereocenters. The Hall–Kier alpha value is -0.940. The minimum absolute atomic E-state index is 0.0786. The third kappa shape index (κ3) is 2.57. The number of nitrogens with one attached hydrogen (secondary N) is 1. The zero-order valence-corrected chi connectivity index (χ0v) is 11.7. The van der Waals surface area contributed by atoms with Crippen LogP contribution in [-0.2, 0) is 0 Å². The molecule has 0 radical (unpaired) electrons. The molecule has 1 saturated carbocycles. The summed E-state index contributed by atoms with van der Waals surface area (Å²) in [6.07, 6.45) is 5.34. The van der Waals surface area contributed by atoms with Gasteiger partial charge in [0.05, 0.1) is 0 Å². The molecule has 1 unspecified atom stereocenters. The van der Waals surface area contributed by atoms with E-state index in [-0.39, 0.29) is 11.9 Å². The maximum absolute atomic E-state index is 12.1. The molecule has 1 aliphatic carbocycles. The van der Waals surface area contributed by atoms with Gasteiger partial charge >= 0.3 is 0 Å². The van der Waals surface area contributed by atoms with Crippen LogP contribution in [0, 0.1) is 0 Å². The van der Waals surface area contributed by atoms with Crippen molar-refractivity contribution in [2.45, 2.75) is 31.3 Å². The number of amides is 1. The molecule has 1 N–H and O–H groups in total. The van der Waals surface area contributed by atoms with E-state index >= 15 is 0 Å². The molecule has 5 heteroatoms. The number of aromatic nitrogens is 1. The van der Waals surface area contributed by atoms with Crippen LogP contribution in [0.4, 0.5) is 0 Å². The Morgan fingerprint density at radius 1 is 1.44 bits per heavy atom. The smallest absolute Gasteiger partial charge is 0.271 e. The van der Waals surface area contributed by atoms with Crippen LogP contribution < -0.4 is 5.32 Å². The highest BCUT2D eigenvalue weighted by molar-refractivity contribution is 9.10. The highest BCUT2D eigenvalue weighted by atomic mass is 79.9. The predicted molar refractivity (Wildman–Crippen MR) is 72.4 cm³/mol. The highest BCUT2D eigenvalue weighted by Crippen LogP contribution is 2.29. The lowest BCUT2D eigenvalue weighted by molar-refractivity contribution is 0.0931. The number of hydrogen-bond acceptors (Lipinski definition) is 3. The minimum Gasteiger partial charge on any atom is -0.347 e. The van der Waals surface area contributed by atoms with Crippen molar-refractivity contribution in [2.24, 2.45) is 0 Å². The van der Waals surface area contributed by atoms with Crippen LogP contribution >= 0.6 is 15.9 Å². The van der Waals surface area contributed by atoms with E-state index in [9.17, 15) is 4.79 Å². The van der Waals surface area contributed by atoms with E-state index in [0.29, 0.717) is 5.69 Å². The normalized spacial score (nSPS) is 24.2. The zero-order chi connectivity index (χ0) is 12.5. The molecule has 4 nitrogen and oxygen atoms in total. The quantitative estimate of drug-likeness (QED) is 0.926. The fraction of sp³-hybridized carbons (Fsp3) is 0.538. The lowest BCUT2D eigenvalue weighted by Gasteiger charge is -2.15. The van der Waals surface area contributed by atoms with E-state index < -0.39 is 0 Å². The summed E-state index contributed by atoms with van der Waals surface area (Å²) in [6, 6.07) is 4.71. The Labute approximate surface area is 115 Å². The largest absolute Gasteiger partial charge is 0.347 e. The maximum atomic E-state index is 12.1. The van der Waals surface area contributed by atoms with Gasteiger partial charge in [0.2, 0.25) is 0 Å². The molecular weight excluding hydrogens is 294 g/mol. The lowest BCUT2D eigenvalue weighted by Crippen LogP contribution is -2.38. The summed E-state index contributed by atoms with van der Waals surface area (Å²) < 4.78 is 0.750. The molecule has 0 spiro atoms. The summed E-state index contributed by atoms with van der Waals surface area (Å²) in [4.78, 5) is 18.7. The summed E-state index contributed by atoms with van der Waals surface area (Å²) in [6.45, 7) is 2.10. The average molecular weight is 310 g/mol. The first-order valence-electron chi connectivity index (χ1n) is 6.39. The zero-order valence-electron chi connectivity index (χ0n) is 10.1. The fourth-order valence-electron chi connectivity index (χ4n) is 2.48. The number of hydrogen-bond donors (Lipinski definition) is 1. The number of carbonyl (C=O) groups is 1. The number of likely N-dealkylation sites (tertiary alicyclic amines) is 1. The van der Waals surface area contributed by atoms with Gasteiger partial charge in [-0.05, 0) is 47.3 Å². The van der Waals surface area contributed by atoms with Gasteiger partial charge in [0, 0.05) is 35.8 Å². The van der Waals surface area contributed by atoms with Crippen LogP contribution in [0.2, 0.25) is 0 Å². The Kier molecular flexibility index (Phi) is 3.35. The van der Waals surface area contributed by atoms with Crippen LogP contribution in [0.25, 0.3) is 0 Å². The summed E-state index contributed by atoms with van der Waals surface area (Å²) in [5.74, 6) is -0.0786. The van der Waals surface area contributed by atoms with Crippen molar-refractivity contribution >= 4 is 21.8 Å². The summed E-state index contributed by atoms with van der Waals surface area (Å²) >= 11 is 3.36. The van der Waals surface area contributed by atoms with Gasteiger partial charge in [-0.15, -0.1) is 0 Å². The number of pyridine rings is 1. The molecule has 18 heavy (non-hydrogen) atoms. The van der Waals surface area contributed by atoms with Crippen molar-refractivity contribution in [3.63, 3.8) is 0 Å². The van der Waals surface area contributed by atoms with E-state index in [4.69, 9.17) is 0 Å². The van der Waals surface area contributed by atoms with Crippen LogP contribution in [0.1, 0.15) is 29.8 Å². The van der Waals surface area contributed by atoms with Crippen LogP contribution in [0.5, 0.6) is 0 Å². The average Bonchev–Trinajstić information content (AvgIpc) is 3.11. The van der Waals surface area contributed by atoms with E-state index in [1.54, 1.807) is 6.20 Å². The summed E-state index contributed by atoms with van der Waals surface area (Å²) in [7, 11) is 0. The van der Waals surface area contributed by atoms with Crippen molar-refractivity contribution < 1.29 is 4.79 Å². The van der Waals surface area contributed by atoms with Crippen LogP contribution in [0.3, 0.4) is 0 Å². The van der Waals surface area contributed by atoms with Gasteiger partial charge < -0.3 is 5.32 Å². The lowest BCUT2D eigenvalue weighted by atomic mass is 10.2. The third-order valence-corrected chi connectivity index (χ3v) is 4.23. The second-order valence-corrected chi connectivity index (χ2v) is 5.87. The second-order valence-electron chi connectivity index (χ2n) is 5.02. The van der Waals surface area contributed by atoms with Crippen molar-refractivity contribution in [1.29, 1.82) is 0 Å². The molecule has 3 rings (SSSR count). The van der Waals surface area contributed by atoms with Gasteiger partial charge in [-0.3, -0.25) is 9.69 Å². The van der Waals surface area contributed by atoms with Crippen LogP contribution in [0.15, 0.2) is 22.8 Å². The topological polar surface area (TPSA) is 45.2 Å². The first-order valence-corrected chi connectivity index (χ1v) is 7.19. The molecule has 1 aliphatic heterocycles. The summed E-state index contributed by atoms with van der Waals surface area (Å²) in [5.41, 5.74) is 0.474. The monoisotopic (exact) mass is 309 g/mol. The van der Waals surface area contributed by atoms with Crippen molar-refractivity contribution in [1.82, 2.24) is 15.2 Å². The Balaban J connectivity index is 1.60. The molecule has 1 saturated heterocycles.